The number of hydrogen-bond donors (Lipinski definition) is 0. The number of aromatic nitrogens is 4. The Bertz CT molecular complexity index is 856. The van der Waals surface area contributed by atoms with E-state index in [4.69, 9.17) is 11.6 Å². The van der Waals surface area contributed by atoms with Crippen molar-refractivity contribution in [3.05, 3.63) is 76.8 Å². The molecule has 1 unspecified atom stereocenters. The fourth-order valence-electron chi connectivity index (χ4n) is 3.50. The molecular formula is C19H19ClFN5. The maximum atomic E-state index is 14.2. The van der Waals surface area contributed by atoms with Crippen LogP contribution in [0, 0.1) is 5.82 Å². The zero-order valence-electron chi connectivity index (χ0n) is 14.2. The SMILES string of the molecule is Fc1cccc(Cl)c1Cn1ncnc1C(c1cccnc1)N1CCCC1. The van der Waals surface area contributed by atoms with Gasteiger partial charge in [-0.1, -0.05) is 23.7 Å². The summed E-state index contributed by atoms with van der Waals surface area (Å²) in [7, 11) is 0. The van der Waals surface area contributed by atoms with Gasteiger partial charge in [-0.25, -0.2) is 14.1 Å². The lowest BCUT2D eigenvalue weighted by atomic mass is 10.1. The van der Waals surface area contributed by atoms with Crippen molar-refractivity contribution in [3.63, 3.8) is 0 Å². The van der Waals surface area contributed by atoms with Crippen molar-refractivity contribution < 1.29 is 4.39 Å². The van der Waals surface area contributed by atoms with Crippen molar-refractivity contribution in [1.82, 2.24) is 24.6 Å². The van der Waals surface area contributed by atoms with Gasteiger partial charge in [0.05, 0.1) is 12.6 Å². The Morgan fingerprint density at radius 3 is 2.73 bits per heavy atom. The molecule has 3 aromatic rings. The average molecular weight is 372 g/mol. The molecule has 0 aliphatic carbocycles. The van der Waals surface area contributed by atoms with Crippen LogP contribution in [0.5, 0.6) is 0 Å². The predicted molar refractivity (Wildman–Crippen MR) is 97.4 cm³/mol. The zero-order valence-corrected chi connectivity index (χ0v) is 15.0. The standard InChI is InChI=1S/C19H19ClFN5/c20-16-6-3-7-17(21)15(16)12-26-19(23-13-24-26)18(25-9-1-2-10-25)14-5-4-8-22-11-14/h3-8,11,13,18H,1-2,9-10,12H2. The van der Waals surface area contributed by atoms with Crippen LogP contribution in [-0.2, 0) is 6.54 Å². The first-order chi connectivity index (χ1) is 12.7. The van der Waals surface area contributed by atoms with Crippen molar-refractivity contribution in [2.75, 3.05) is 13.1 Å². The number of rotatable bonds is 5. The summed E-state index contributed by atoms with van der Waals surface area (Å²) in [5.41, 5.74) is 1.48. The number of pyridine rings is 1. The normalized spacial score (nSPS) is 16.1. The van der Waals surface area contributed by atoms with Gasteiger partial charge in [0.15, 0.2) is 0 Å². The van der Waals surface area contributed by atoms with Crippen LogP contribution in [0.4, 0.5) is 4.39 Å². The van der Waals surface area contributed by atoms with Gasteiger partial charge in [-0.05, 0) is 49.7 Å². The van der Waals surface area contributed by atoms with Crippen LogP contribution in [0.15, 0.2) is 49.1 Å². The molecule has 0 bridgehead atoms. The summed E-state index contributed by atoms with van der Waals surface area (Å²) in [5, 5.41) is 4.74. The van der Waals surface area contributed by atoms with Gasteiger partial charge in [-0.15, -0.1) is 0 Å². The van der Waals surface area contributed by atoms with E-state index in [0.717, 1.165) is 37.3 Å². The molecule has 1 aromatic carbocycles. The van der Waals surface area contributed by atoms with E-state index >= 15 is 0 Å². The van der Waals surface area contributed by atoms with E-state index in [9.17, 15) is 4.39 Å². The molecule has 0 N–H and O–H groups in total. The number of halogens is 2. The molecule has 1 aliphatic heterocycles. The Labute approximate surface area is 156 Å². The highest BCUT2D eigenvalue weighted by atomic mass is 35.5. The Hall–Kier alpha value is -2.31. The number of hydrogen-bond acceptors (Lipinski definition) is 4. The molecule has 0 saturated carbocycles. The monoisotopic (exact) mass is 371 g/mol. The summed E-state index contributed by atoms with van der Waals surface area (Å²) in [5.74, 6) is 0.442. The lowest BCUT2D eigenvalue weighted by Gasteiger charge is -2.27. The van der Waals surface area contributed by atoms with E-state index in [1.807, 2.05) is 18.3 Å². The lowest BCUT2D eigenvalue weighted by molar-refractivity contribution is 0.264. The second-order valence-corrected chi connectivity index (χ2v) is 6.82. The maximum Gasteiger partial charge on any atom is 0.149 e. The molecule has 5 nitrogen and oxygen atoms in total. The first kappa shape index (κ1) is 17.1. The molecule has 1 atom stereocenters. The Morgan fingerprint density at radius 1 is 1.15 bits per heavy atom. The van der Waals surface area contributed by atoms with Crippen LogP contribution in [0.3, 0.4) is 0 Å². The van der Waals surface area contributed by atoms with E-state index in [2.05, 4.69) is 20.0 Å². The molecule has 3 heterocycles. The minimum atomic E-state index is -0.335. The molecule has 0 radical (unpaired) electrons. The second kappa shape index (κ2) is 7.51. The Kier molecular flexibility index (Phi) is 4.95. The van der Waals surface area contributed by atoms with Gasteiger partial charge in [0.1, 0.15) is 18.0 Å². The number of nitrogens with zero attached hydrogens (tertiary/aromatic N) is 5. The van der Waals surface area contributed by atoms with Crippen LogP contribution in [-0.4, -0.2) is 37.7 Å². The second-order valence-electron chi connectivity index (χ2n) is 6.41. The molecule has 4 rings (SSSR count). The molecule has 26 heavy (non-hydrogen) atoms. The summed E-state index contributed by atoms with van der Waals surface area (Å²) in [6.45, 7) is 2.23. The van der Waals surface area contributed by atoms with Gasteiger partial charge < -0.3 is 0 Å². The Balaban J connectivity index is 1.73. The predicted octanol–water partition coefficient (Wildman–Crippen LogP) is 3.70. The molecule has 2 aromatic heterocycles. The molecule has 134 valence electrons. The van der Waals surface area contributed by atoms with E-state index < -0.39 is 0 Å². The summed E-state index contributed by atoms with van der Waals surface area (Å²) < 4.78 is 16.0. The fourth-order valence-corrected chi connectivity index (χ4v) is 3.72. The fraction of sp³-hybridized carbons (Fsp3) is 0.316. The van der Waals surface area contributed by atoms with Crippen molar-refractivity contribution in [2.45, 2.75) is 25.4 Å². The number of benzene rings is 1. The molecule has 1 fully saturated rings. The Morgan fingerprint density at radius 2 is 2.00 bits per heavy atom. The third-order valence-corrected chi connectivity index (χ3v) is 5.12. The van der Waals surface area contributed by atoms with E-state index in [-0.39, 0.29) is 18.4 Å². The van der Waals surface area contributed by atoms with Crippen molar-refractivity contribution >= 4 is 11.6 Å². The first-order valence-corrected chi connectivity index (χ1v) is 9.06. The largest absolute Gasteiger partial charge is 0.290 e. The first-order valence-electron chi connectivity index (χ1n) is 8.68. The highest BCUT2D eigenvalue weighted by Crippen LogP contribution is 2.30. The van der Waals surface area contributed by atoms with Gasteiger partial charge >= 0.3 is 0 Å². The molecule has 7 heteroatoms. The topological polar surface area (TPSA) is 46.8 Å². The van der Waals surface area contributed by atoms with Crippen molar-refractivity contribution in [2.24, 2.45) is 0 Å². The third kappa shape index (κ3) is 3.34. The average Bonchev–Trinajstić information content (AvgIpc) is 3.33. The van der Waals surface area contributed by atoms with Crippen LogP contribution < -0.4 is 0 Å². The highest BCUT2D eigenvalue weighted by Gasteiger charge is 2.29. The van der Waals surface area contributed by atoms with Crippen LogP contribution in [0.2, 0.25) is 5.02 Å². The van der Waals surface area contributed by atoms with Crippen LogP contribution in [0.1, 0.15) is 35.8 Å². The van der Waals surface area contributed by atoms with Crippen molar-refractivity contribution in [3.8, 4) is 0 Å². The van der Waals surface area contributed by atoms with Crippen LogP contribution in [0.25, 0.3) is 0 Å². The quantitative estimate of drug-likeness (QED) is 0.686. The zero-order chi connectivity index (χ0) is 17.9. The van der Waals surface area contributed by atoms with E-state index in [0.29, 0.717) is 10.6 Å². The van der Waals surface area contributed by atoms with Gasteiger partial charge in [0.25, 0.3) is 0 Å². The third-order valence-electron chi connectivity index (χ3n) is 4.77. The molecule has 1 saturated heterocycles. The maximum absolute atomic E-state index is 14.2. The van der Waals surface area contributed by atoms with Gasteiger partial charge in [0.2, 0.25) is 0 Å². The van der Waals surface area contributed by atoms with E-state index in [1.165, 1.54) is 12.4 Å². The smallest absolute Gasteiger partial charge is 0.149 e. The number of likely N-dealkylation sites (tertiary alicyclic amines) is 1. The summed E-state index contributed by atoms with van der Waals surface area (Å²) in [6, 6.07) is 8.62. The van der Waals surface area contributed by atoms with Gasteiger partial charge in [0, 0.05) is 23.0 Å². The summed E-state index contributed by atoms with van der Waals surface area (Å²) in [6.07, 6.45) is 7.45. The minimum absolute atomic E-state index is 0.0563. The molecule has 1 aliphatic rings. The van der Waals surface area contributed by atoms with Gasteiger partial charge in [-0.2, -0.15) is 5.10 Å². The highest BCUT2D eigenvalue weighted by molar-refractivity contribution is 6.31. The molecular weight excluding hydrogens is 353 g/mol. The lowest BCUT2D eigenvalue weighted by Crippen LogP contribution is -2.29. The summed E-state index contributed by atoms with van der Waals surface area (Å²) >= 11 is 6.20. The van der Waals surface area contributed by atoms with E-state index in [1.54, 1.807) is 23.0 Å². The van der Waals surface area contributed by atoms with Gasteiger partial charge in [-0.3, -0.25) is 9.88 Å². The van der Waals surface area contributed by atoms with Crippen molar-refractivity contribution in [1.29, 1.82) is 0 Å². The minimum Gasteiger partial charge on any atom is -0.290 e. The summed E-state index contributed by atoms with van der Waals surface area (Å²) in [4.78, 5) is 11.1. The molecule has 0 spiro atoms. The van der Waals surface area contributed by atoms with Crippen LogP contribution >= 0.6 is 11.6 Å². The molecule has 0 amide bonds.